The smallest absolute Gasteiger partial charge is 0.243 e. The average molecular weight is 407 g/mol. The van der Waals surface area contributed by atoms with E-state index in [9.17, 15) is 13.2 Å². The lowest BCUT2D eigenvalue weighted by Gasteiger charge is -2.19. The zero-order chi connectivity index (χ0) is 19.9. The maximum absolute atomic E-state index is 12.6. The van der Waals surface area contributed by atoms with Crippen LogP contribution in [0.3, 0.4) is 0 Å². The van der Waals surface area contributed by atoms with Crippen LogP contribution in [0.5, 0.6) is 0 Å². The van der Waals surface area contributed by atoms with Crippen molar-refractivity contribution in [2.24, 2.45) is 0 Å². The molecule has 0 bridgehead atoms. The van der Waals surface area contributed by atoms with Gasteiger partial charge in [0, 0.05) is 18.0 Å². The lowest BCUT2D eigenvalue weighted by molar-refractivity contribution is -0.121. The Morgan fingerprint density at radius 1 is 1.11 bits per heavy atom. The molecule has 0 radical (unpaired) electrons. The van der Waals surface area contributed by atoms with Gasteiger partial charge >= 0.3 is 0 Å². The van der Waals surface area contributed by atoms with Crippen molar-refractivity contribution < 1.29 is 13.2 Å². The van der Waals surface area contributed by atoms with Crippen LogP contribution in [0.4, 0.5) is 0 Å². The van der Waals surface area contributed by atoms with Crippen LogP contribution in [0.2, 0.25) is 0 Å². The Labute approximate surface area is 166 Å². The Morgan fingerprint density at radius 2 is 1.74 bits per heavy atom. The summed E-state index contributed by atoms with van der Waals surface area (Å²) in [6.07, 6.45) is 3.58. The molecule has 1 amide bonds. The van der Waals surface area contributed by atoms with E-state index in [1.54, 1.807) is 36.0 Å². The van der Waals surface area contributed by atoms with Gasteiger partial charge in [0.15, 0.2) is 0 Å². The number of benzene rings is 2. The molecule has 146 valence electrons. The highest BCUT2D eigenvalue weighted by molar-refractivity contribution is 7.98. The second kappa shape index (κ2) is 9.92. The van der Waals surface area contributed by atoms with E-state index in [0.717, 1.165) is 22.0 Å². The molecule has 1 unspecified atom stereocenters. The largest absolute Gasteiger partial charge is 0.352 e. The second-order valence-corrected chi connectivity index (χ2v) is 9.35. The van der Waals surface area contributed by atoms with E-state index >= 15 is 0 Å². The summed E-state index contributed by atoms with van der Waals surface area (Å²) in [6.45, 7) is 1.72. The molecule has 0 aliphatic rings. The van der Waals surface area contributed by atoms with Gasteiger partial charge in [-0.2, -0.15) is 4.31 Å². The first kappa shape index (κ1) is 21.5. The van der Waals surface area contributed by atoms with Crippen molar-refractivity contribution in [2.75, 3.05) is 19.8 Å². The highest BCUT2D eigenvalue weighted by atomic mass is 32.2. The zero-order valence-electron chi connectivity index (χ0n) is 15.9. The molecule has 0 aliphatic carbocycles. The third kappa shape index (κ3) is 6.37. The highest BCUT2D eigenvalue weighted by Gasteiger charge is 2.23. The van der Waals surface area contributed by atoms with Crippen LogP contribution in [0.15, 0.2) is 64.4 Å². The molecule has 2 aromatic rings. The van der Waals surface area contributed by atoms with E-state index in [0.29, 0.717) is 0 Å². The van der Waals surface area contributed by atoms with Gasteiger partial charge in [-0.05, 0) is 55.9 Å². The summed E-state index contributed by atoms with van der Waals surface area (Å²) >= 11 is 1.54. The van der Waals surface area contributed by atoms with Crippen molar-refractivity contribution in [2.45, 2.75) is 35.6 Å². The third-order valence-corrected chi connectivity index (χ3v) is 6.81. The predicted molar refractivity (Wildman–Crippen MR) is 110 cm³/mol. The van der Waals surface area contributed by atoms with Crippen molar-refractivity contribution in [1.29, 1.82) is 0 Å². The van der Waals surface area contributed by atoms with E-state index < -0.39 is 10.0 Å². The monoisotopic (exact) mass is 406 g/mol. The molecular formula is C20H26N2O3S2. The summed E-state index contributed by atoms with van der Waals surface area (Å²) in [5.41, 5.74) is 1.21. The van der Waals surface area contributed by atoms with Crippen LogP contribution in [0.25, 0.3) is 0 Å². The number of likely N-dealkylation sites (N-methyl/N-ethyl adjacent to an activating group) is 1. The van der Waals surface area contributed by atoms with Crippen LogP contribution in [0, 0.1) is 0 Å². The number of nitrogens with one attached hydrogen (secondary N) is 1. The number of rotatable bonds is 9. The number of amides is 1. The summed E-state index contributed by atoms with van der Waals surface area (Å²) in [4.78, 5) is 13.4. The fraction of sp³-hybridized carbons (Fsp3) is 0.350. The molecule has 0 aromatic heterocycles. The summed E-state index contributed by atoms with van der Waals surface area (Å²) in [7, 11) is -2.26. The van der Waals surface area contributed by atoms with E-state index in [-0.39, 0.29) is 23.4 Å². The number of carbonyl (C=O) groups excluding carboxylic acids is 1. The number of hydrogen-bond acceptors (Lipinski definition) is 4. The number of hydrogen-bond donors (Lipinski definition) is 1. The summed E-state index contributed by atoms with van der Waals surface area (Å²) in [5, 5.41) is 2.87. The summed E-state index contributed by atoms with van der Waals surface area (Å²) < 4.78 is 26.3. The number of thioether (sulfide) groups is 1. The maximum Gasteiger partial charge on any atom is 0.243 e. The van der Waals surface area contributed by atoms with Gasteiger partial charge in [0.25, 0.3) is 0 Å². The van der Waals surface area contributed by atoms with Crippen LogP contribution in [-0.2, 0) is 21.2 Å². The molecule has 0 saturated carbocycles. The van der Waals surface area contributed by atoms with Gasteiger partial charge in [-0.3, -0.25) is 4.79 Å². The molecular weight excluding hydrogens is 380 g/mol. The van der Waals surface area contributed by atoms with Crippen molar-refractivity contribution in [3.8, 4) is 0 Å². The fourth-order valence-corrected chi connectivity index (χ4v) is 4.17. The lowest BCUT2D eigenvalue weighted by Crippen LogP contribution is -2.41. The Hall–Kier alpha value is -1.83. The van der Waals surface area contributed by atoms with E-state index in [4.69, 9.17) is 0 Å². The second-order valence-electron chi connectivity index (χ2n) is 6.43. The normalized spacial score (nSPS) is 12.7. The minimum atomic E-state index is -3.69. The number of sulfonamides is 1. The first-order valence-corrected chi connectivity index (χ1v) is 11.4. The standard InChI is InChI=1S/C20H26N2O3S2/c1-16(9-10-17-7-5-4-6-8-17)21-20(23)15-22(2)27(24,25)19-13-11-18(26-3)12-14-19/h4-8,11-14,16H,9-10,15H2,1-3H3,(H,21,23). The number of aryl methyl sites for hydroxylation is 1. The molecule has 0 fully saturated rings. The van der Waals surface area contributed by atoms with E-state index in [1.165, 1.54) is 12.6 Å². The summed E-state index contributed by atoms with van der Waals surface area (Å²) in [6, 6.07) is 16.7. The van der Waals surface area contributed by atoms with E-state index in [2.05, 4.69) is 17.4 Å². The first-order valence-electron chi connectivity index (χ1n) is 8.76. The minimum Gasteiger partial charge on any atom is -0.352 e. The Kier molecular flexibility index (Phi) is 7.89. The van der Waals surface area contributed by atoms with Gasteiger partial charge in [0.1, 0.15) is 0 Å². The van der Waals surface area contributed by atoms with Crippen LogP contribution in [0.1, 0.15) is 18.9 Å². The van der Waals surface area contributed by atoms with Gasteiger partial charge in [-0.15, -0.1) is 11.8 Å². The number of nitrogens with zero attached hydrogens (tertiary/aromatic N) is 1. The topological polar surface area (TPSA) is 66.5 Å². The Balaban J connectivity index is 1.87. The third-order valence-electron chi connectivity index (χ3n) is 4.25. The molecule has 5 nitrogen and oxygen atoms in total. The Morgan fingerprint density at radius 3 is 2.33 bits per heavy atom. The van der Waals surface area contributed by atoms with Crippen molar-refractivity contribution in [3.05, 3.63) is 60.2 Å². The van der Waals surface area contributed by atoms with Crippen LogP contribution >= 0.6 is 11.8 Å². The Bertz CT molecular complexity index is 837. The van der Waals surface area contributed by atoms with Crippen LogP contribution < -0.4 is 5.32 Å². The molecule has 27 heavy (non-hydrogen) atoms. The van der Waals surface area contributed by atoms with Gasteiger partial charge < -0.3 is 5.32 Å². The molecule has 7 heteroatoms. The lowest BCUT2D eigenvalue weighted by atomic mass is 10.1. The van der Waals surface area contributed by atoms with E-state index in [1.807, 2.05) is 31.4 Å². The maximum atomic E-state index is 12.6. The van der Waals surface area contributed by atoms with Crippen LogP contribution in [-0.4, -0.2) is 44.5 Å². The molecule has 0 aliphatic heterocycles. The van der Waals surface area contributed by atoms with Gasteiger partial charge in [0.2, 0.25) is 15.9 Å². The molecule has 2 aromatic carbocycles. The predicted octanol–water partition coefficient (Wildman–Crippen LogP) is 3.17. The van der Waals surface area contributed by atoms with Crippen molar-refractivity contribution >= 4 is 27.7 Å². The minimum absolute atomic E-state index is 0.0327. The van der Waals surface area contributed by atoms with Crippen molar-refractivity contribution in [1.82, 2.24) is 9.62 Å². The van der Waals surface area contributed by atoms with Gasteiger partial charge in [-0.1, -0.05) is 30.3 Å². The highest BCUT2D eigenvalue weighted by Crippen LogP contribution is 2.19. The van der Waals surface area contributed by atoms with Gasteiger partial charge in [0.05, 0.1) is 11.4 Å². The summed E-state index contributed by atoms with van der Waals surface area (Å²) in [5.74, 6) is -0.303. The molecule has 1 atom stereocenters. The van der Waals surface area contributed by atoms with Crippen molar-refractivity contribution in [3.63, 3.8) is 0 Å². The zero-order valence-corrected chi connectivity index (χ0v) is 17.5. The quantitative estimate of drug-likeness (QED) is 0.650. The first-order chi connectivity index (χ1) is 12.8. The SMILES string of the molecule is CSc1ccc(S(=O)(=O)N(C)CC(=O)NC(C)CCc2ccccc2)cc1. The average Bonchev–Trinajstić information content (AvgIpc) is 2.67. The molecule has 0 heterocycles. The van der Waals surface area contributed by atoms with Gasteiger partial charge in [-0.25, -0.2) is 8.42 Å². The number of carbonyl (C=O) groups is 1. The fourth-order valence-electron chi connectivity index (χ4n) is 2.64. The molecule has 0 saturated heterocycles. The molecule has 2 rings (SSSR count). The molecule has 1 N–H and O–H groups in total. The molecule has 0 spiro atoms.